The molecule has 6 heteroatoms. The summed E-state index contributed by atoms with van der Waals surface area (Å²) >= 11 is 5.88. The van der Waals surface area contributed by atoms with Crippen molar-refractivity contribution in [3.05, 3.63) is 5.28 Å². The molecule has 0 spiro atoms. The van der Waals surface area contributed by atoms with Gasteiger partial charge in [-0.2, -0.15) is 15.0 Å². The minimum atomic E-state index is 0.260. The molecule has 1 fully saturated rings. The van der Waals surface area contributed by atoms with E-state index in [0.717, 1.165) is 26.1 Å². The fourth-order valence-corrected chi connectivity index (χ4v) is 1.87. The molecule has 88 valence electrons. The van der Waals surface area contributed by atoms with Crippen LogP contribution in [0.25, 0.3) is 0 Å². The van der Waals surface area contributed by atoms with Gasteiger partial charge in [0.2, 0.25) is 17.2 Å². The van der Waals surface area contributed by atoms with Gasteiger partial charge in [0.05, 0.1) is 0 Å². The summed E-state index contributed by atoms with van der Waals surface area (Å²) in [4.78, 5) is 14.7. The average Bonchev–Trinajstić information content (AvgIpc) is 2.79. The van der Waals surface area contributed by atoms with Crippen LogP contribution in [0.15, 0.2) is 0 Å². The first kappa shape index (κ1) is 11.4. The van der Waals surface area contributed by atoms with Crippen LogP contribution < -0.4 is 10.2 Å². The fraction of sp³-hybridized carbons (Fsp3) is 0.700. The lowest BCUT2D eigenvalue weighted by molar-refractivity contribution is 0.870. The van der Waals surface area contributed by atoms with Crippen molar-refractivity contribution in [2.75, 3.05) is 29.9 Å². The predicted molar refractivity (Wildman–Crippen MR) is 65.1 cm³/mol. The van der Waals surface area contributed by atoms with Gasteiger partial charge in [0.25, 0.3) is 0 Å². The smallest absolute Gasteiger partial charge is 0.231 e. The number of anilines is 2. The Kier molecular flexibility index (Phi) is 3.77. The Morgan fingerprint density at radius 2 is 2.00 bits per heavy atom. The summed E-state index contributed by atoms with van der Waals surface area (Å²) < 4.78 is 0. The van der Waals surface area contributed by atoms with Gasteiger partial charge in [0.15, 0.2) is 0 Å². The van der Waals surface area contributed by atoms with Crippen molar-refractivity contribution < 1.29 is 0 Å². The van der Waals surface area contributed by atoms with E-state index in [9.17, 15) is 0 Å². The molecule has 1 saturated heterocycles. The van der Waals surface area contributed by atoms with Gasteiger partial charge < -0.3 is 10.2 Å². The van der Waals surface area contributed by atoms with Crippen LogP contribution in [0.2, 0.25) is 5.28 Å². The highest BCUT2D eigenvalue weighted by molar-refractivity contribution is 6.28. The van der Waals surface area contributed by atoms with Crippen LogP contribution >= 0.6 is 11.6 Å². The highest BCUT2D eigenvalue weighted by Gasteiger charge is 2.16. The summed E-state index contributed by atoms with van der Waals surface area (Å²) in [5.41, 5.74) is 0. The highest BCUT2D eigenvalue weighted by Crippen LogP contribution is 2.18. The van der Waals surface area contributed by atoms with Gasteiger partial charge in [-0.3, -0.25) is 0 Å². The van der Waals surface area contributed by atoms with Crippen LogP contribution in [0.1, 0.15) is 26.2 Å². The number of hydrogen-bond donors (Lipinski definition) is 1. The van der Waals surface area contributed by atoms with E-state index in [-0.39, 0.29) is 5.28 Å². The number of nitrogens with zero attached hydrogens (tertiary/aromatic N) is 4. The maximum Gasteiger partial charge on any atom is 0.231 e. The molecule has 0 aromatic carbocycles. The second kappa shape index (κ2) is 5.30. The molecule has 0 radical (unpaired) electrons. The zero-order chi connectivity index (χ0) is 11.4. The van der Waals surface area contributed by atoms with Gasteiger partial charge in [-0.1, -0.05) is 6.92 Å². The molecule has 0 atom stereocenters. The first-order valence-corrected chi connectivity index (χ1v) is 6.08. The second-order valence-corrected chi connectivity index (χ2v) is 4.19. The van der Waals surface area contributed by atoms with Gasteiger partial charge in [-0.05, 0) is 30.9 Å². The zero-order valence-corrected chi connectivity index (χ0v) is 10.2. The molecule has 1 aromatic heterocycles. The lowest BCUT2D eigenvalue weighted by Gasteiger charge is -2.15. The van der Waals surface area contributed by atoms with Crippen LogP contribution in [0.4, 0.5) is 11.9 Å². The average molecular weight is 242 g/mol. The molecule has 0 unspecified atom stereocenters. The Bertz CT molecular complexity index is 351. The molecule has 16 heavy (non-hydrogen) atoms. The standard InChI is InChI=1S/C10H16ClN5/c1-2-5-12-9-13-8(11)14-10(15-9)16-6-3-4-7-16/h2-7H2,1H3,(H,12,13,14,15). The third kappa shape index (κ3) is 2.72. The van der Waals surface area contributed by atoms with Crippen molar-refractivity contribution in [3.8, 4) is 0 Å². The lowest BCUT2D eigenvalue weighted by Crippen LogP contribution is -2.21. The summed E-state index contributed by atoms with van der Waals surface area (Å²) in [7, 11) is 0. The molecule has 0 amide bonds. The summed E-state index contributed by atoms with van der Waals surface area (Å²) in [5, 5.41) is 3.39. The van der Waals surface area contributed by atoms with Crippen LogP contribution in [-0.2, 0) is 0 Å². The molecule has 1 aliphatic heterocycles. The fourth-order valence-electron chi connectivity index (χ4n) is 1.71. The van der Waals surface area contributed by atoms with Gasteiger partial charge in [-0.15, -0.1) is 0 Å². The molecule has 1 N–H and O–H groups in total. The molecule has 2 heterocycles. The van der Waals surface area contributed by atoms with Crippen LogP contribution in [0, 0.1) is 0 Å². The van der Waals surface area contributed by atoms with Crippen LogP contribution in [0.3, 0.4) is 0 Å². The van der Waals surface area contributed by atoms with Crippen molar-refractivity contribution in [1.82, 2.24) is 15.0 Å². The number of aromatic nitrogens is 3. The zero-order valence-electron chi connectivity index (χ0n) is 9.41. The molecule has 0 aliphatic carbocycles. The number of hydrogen-bond acceptors (Lipinski definition) is 5. The van der Waals surface area contributed by atoms with Crippen molar-refractivity contribution >= 4 is 23.5 Å². The molecule has 0 bridgehead atoms. The minimum absolute atomic E-state index is 0.260. The SMILES string of the molecule is CCCNc1nc(Cl)nc(N2CCCC2)n1. The molecule has 5 nitrogen and oxygen atoms in total. The van der Waals surface area contributed by atoms with Crippen molar-refractivity contribution in [3.63, 3.8) is 0 Å². The van der Waals surface area contributed by atoms with E-state index in [1.807, 2.05) is 0 Å². The van der Waals surface area contributed by atoms with Gasteiger partial charge in [0, 0.05) is 19.6 Å². The number of nitrogens with one attached hydrogen (secondary N) is 1. The first-order valence-electron chi connectivity index (χ1n) is 5.70. The van der Waals surface area contributed by atoms with Gasteiger partial charge >= 0.3 is 0 Å². The maximum atomic E-state index is 5.88. The normalized spacial score (nSPS) is 15.5. The summed E-state index contributed by atoms with van der Waals surface area (Å²) in [6.07, 6.45) is 3.42. The van der Waals surface area contributed by atoms with E-state index < -0.39 is 0 Å². The van der Waals surface area contributed by atoms with E-state index in [1.165, 1.54) is 12.8 Å². The van der Waals surface area contributed by atoms with Crippen molar-refractivity contribution in [2.24, 2.45) is 0 Å². The molecule has 2 rings (SSSR count). The summed E-state index contributed by atoms with van der Waals surface area (Å²) in [5.74, 6) is 1.26. The van der Waals surface area contributed by atoms with E-state index >= 15 is 0 Å². The van der Waals surface area contributed by atoms with Gasteiger partial charge in [-0.25, -0.2) is 0 Å². The molecular weight excluding hydrogens is 226 g/mol. The lowest BCUT2D eigenvalue weighted by atomic mass is 10.4. The van der Waals surface area contributed by atoms with Gasteiger partial charge in [0.1, 0.15) is 0 Å². The topological polar surface area (TPSA) is 53.9 Å². The molecule has 1 aromatic rings. The monoisotopic (exact) mass is 241 g/mol. The second-order valence-electron chi connectivity index (χ2n) is 3.85. The minimum Gasteiger partial charge on any atom is -0.354 e. The molecule has 0 saturated carbocycles. The Labute approximate surface area is 100 Å². The summed E-state index contributed by atoms with van der Waals surface area (Å²) in [6, 6.07) is 0. The van der Waals surface area contributed by atoms with E-state index in [4.69, 9.17) is 11.6 Å². The number of halogens is 1. The maximum absolute atomic E-state index is 5.88. The van der Waals surface area contributed by atoms with Crippen LogP contribution in [-0.4, -0.2) is 34.6 Å². The summed E-state index contributed by atoms with van der Waals surface area (Å²) in [6.45, 7) is 4.96. The first-order chi connectivity index (χ1) is 7.79. The van der Waals surface area contributed by atoms with E-state index in [1.54, 1.807) is 0 Å². The quantitative estimate of drug-likeness (QED) is 0.873. The van der Waals surface area contributed by atoms with Crippen molar-refractivity contribution in [2.45, 2.75) is 26.2 Å². The number of rotatable bonds is 4. The van der Waals surface area contributed by atoms with E-state index in [0.29, 0.717) is 11.9 Å². The van der Waals surface area contributed by atoms with Crippen LogP contribution in [0.5, 0.6) is 0 Å². The third-order valence-corrected chi connectivity index (χ3v) is 2.69. The third-order valence-electron chi connectivity index (χ3n) is 2.52. The Morgan fingerprint density at radius 1 is 1.25 bits per heavy atom. The Balaban J connectivity index is 2.14. The highest BCUT2D eigenvalue weighted by atomic mass is 35.5. The Hall–Kier alpha value is -1.10. The molecular formula is C10H16ClN5. The molecule has 1 aliphatic rings. The Morgan fingerprint density at radius 3 is 2.69 bits per heavy atom. The predicted octanol–water partition coefficient (Wildman–Crippen LogP) is 1.95. The van der Waals surface area contributed by atoms with Crippen molar-refractivity contribution in [1.29, 1.82) is 0 Å². The largest absolute Gasteiger partial charge is 0.354 e. The van der Waals surface area contributed by atoms with E-state index in [2.05, 4.69) is 32.1 Å².